The molecule has 5 fully saturated rings. The molecular formula is C21H34BrN3O2. The van der Waals surface area contributed by atoms with Gasteiger partial charge in [-0.15, -0.1) is 0 Å². The highest BCUT2D eigenvalue weighted by atomic mass is 79.9. The third-order valence-corrected chi connectivity index (χ3v) is 8.11. The van der Waals surface area contributed by atoms with Gasteiger partial charge in [-0.25, -0.2) is 0 Å². The number of hydrogen-bond acceptors (Lipinski definition) is 3. The number of piperazine rings is 1. The zero-order valence-electron chi connectivity index (χ0n) is 16.8. The van der Waals surface area contributed by atoms with Crippen LogP contribution in [-0.4, -0.2) is 64.7 Å². The second kappa shape index (κ2) is 7.33. The minimum atomic E-state index is 0.0842. The zero-order valence-corrected chi connectivity index (χ0v) is 18.4. The number of nitrogens with one attached hydrogen (secondary N) is 1. The molecule has 5 nitrogen and oxygen atoms in total. The molecule has 6 heteroatoms. The lowest BCUT2D eigenvalue weighted by Gasteiger charge is -2.60. The van der Waals surface area contributed by atoms with Crippen LogP contribution in [0.15, 0.2) is 0 Å². The first-order chi connectivity index (χ1) is 12.7. The van der Waals surface area contributed by atoms with Crippen molar-refractivity contribution in [2.24, 2.45) is 17.3 Å². The van der Waals surface area contributed by atoms with Gasteiger partial charge in [0.2, 0.25) is 11.8 Å². The van der Waals surface area contributed by atoms with Crippen LogP contribution >= 0.6 is 15.9 Å². The van der Waals surface area contributed by atoms with Crippen LogP contribution in [0.2, 0.25) is 0 Å². The first-order valence-electron chi connectivity index (χ1n) is 10.7. The molecule has 1 heterocycles. The van der Waals surface area contributed by atoms with Crippen LogP contribution < -0.4 is 5.32 Å². The number of halogens is 1. The van der Waals surface area contributed by atoms with Crippen LogP contribution in [0.5, 0.6) is 0 Å². The summed E-state index contributed by atoms with van der Waals surface area (Å²) in [6, 6.07) is 0.179. The number of alkyl halides is 1. The predicted molar refractivity (Wildman–Crippen MR) is 110 cm³/mol. The van der Waals surface area contributed by atoms with E-state index in [0.29, 0.717) is 16.8 Å². The summed E-state index contributed by atoms with van der Waals surface area (Å²) in [5.74, 6) is 2.09. The van der Waals surface area contributed by atoms with Crippen molar-refractivity contribution in [1.29, 1.82) is 0 Å². The van der Waals surface area contributed by atoms with Gasteiger partial charge in [0.05, 0.1) is 6.54 Å². The Labute approximate surface area is 171 Å². The highest BCUT2D eigenvalue weighted by Crippen LogP contribution is 2.65. The fourth-order valence-electron chi connectivity index (χ4n) is 6.70. The van der Waals surface area contributed by atoms with Crippen molar-refractivity contribution in [2.75, 3.05) is 32.7 Å². The van der Waals surface area contributed by atoms with Crippen molar-refractivity contribution >= 4 is 27.7 Å². The molecule has 2 unspecified atom stereocenters. The molecule has 5 aliphatic rings. The third-order valence-electron chi connectivity index (χ3n) is 7.18. The molecule has 2 amide bonds. The van der Waals surface area contributed by atoms with Crippen molar-refractivity contribution in [3.05, 3.63) is 0 Å². The molecule has 2 atom stereocenters. The standard InChI is InChI=1S/C21H34BrN3O2/c1-15(2)23-18(26)13-24-3-5-25(6-4-24)19(27)12-20-8-16-7-17(9-20)11-21(22,10-16)14-20/h15-17H,3-14H2,1-2H3,(H,23,26). The molecule has 0 spiro atoms. The van der Waals surface area contributed by atoms with E-state index in [4.69, 9.17) is 0 Å². The van der Waals surface area contributed by atoms with Gasteiger partial charge in [-0.1, -0.05) is 15.9 Å². The number of rotatable bonds is 5. The minimum absolute atomic E-state index is 0.0842. The van der Waals surface area contributed by atoms with Gasteiger partial charge in [0, 0.05) is 43.0 Å². The number of nitrogens with zero attached hydrogens (tertiary/aromatic N) is 2. The average molecular weight is 440 g/mol. The van der Waals surface area contributed by atoms with E-state index in [1.54, 1.807) is 0 Å². The Morgan fingerprint density at radius 2 is 1.70 bits per heavy atom. The van der Waals surface area contributed by atoms with Crippen molar-refractivity contribution in [3.8, 4) is 0 Å². The van der Waals surface area contributed by atoms with E-state index in [0.717, 1.165) is 44.4 Å². The summed E-state index contributed by atoms with van der Waals surface area (Å²) in [6.07, 6.45) is 8.47. The summed E-state index contributed by atoms with van der Waals surface area (Å²) in [7, 11) is 0. The molecule has 4 aliphatic carbocycles. The van der Waals surface area contributed by atoms with Crippen LogP contribution in [0.4, 0.5) is 0 Å². The van der Waals surface area contributed by atoms with Crippen molar-refractivity contribution < 1.29 is 9.59 Å². The van der Waals surface area contributed by atoms with E-state index in [-0.39, 0.29) is 17.4 Å². The fraction of sp³-hybridized carbons (Fsp3) is 0.905. The summed E-state index contributed by atoms with van der Waals surface area (Å²) >= 11 is 4.06. The Bertz CT molecular complexity index is 586. The van der Waals surface area contributed by atoms with Crippen LogP contribution in [0.3, 0.4) is 0 Å². The molecule has 1 N–H and O–H groups in total. The van der Waals surface area contributed by atoms with Gasteiger partial charge in [0.25, 0.3) is 0 Å². The van der Waals surface area contributed by atoms with Gasteiger partial charge < -0.3 is 10.2 Å². The van der Waals surface area contributed by atoms with Crippen LogP contribution in [-0.2, 0) is 9.59 Å². The Morgan fingerprint density at radius 1 is 1.07 bits per heavy atom. The second-order valence-corrected chi connectivity index (χ2v) is 11.9. The van der Waals surface area contributed by atoms with Gasteiger partial charge in [-0.3, -0.25) is 14.5 Å². The summed E-state index contributed by atoms with van der Waals surface area (Å²) in [6.45, 7) is 7.54. The molecule has 0 aromatic carbocycles. The quantitative estimate of drug-likeness (QED) is 0.669. The van der Waals surface area contributed by atoms with Gasteiger partial charge in [-0.05, 0) is 69.6 Å². The predicted octanol–water partition coefficient (Wildman–Crippen LogP) is 2.78. The number of carbonyl (C=O) groups is 2. The van der Waals surface area contributed by atoms with Gasteiger partial charge in [-0.2, -0.15) is 0 Å². The van der Waals surface area contributed by atoms with Crippen molar-refractivity contribution in [2.45, 2.75) is 69.2 Å². The Balaban J connectivity index is 1.28. The lowest BCUT2D eigenvalue weighted by Crippen LogP contribution is -2.56. The number of hydrogen-bond donors (Lipinski definition) is 1. The zero-order chi connectivity index (χ0) is 19.2. The van der Waals surface area contributed by atoms with Crippen LogP contribution in [0.1, 0.15) is 58.8 Å². The monoisotopic (exact) mass is 439 g/mol. The molecule has 27 heavy (non-hydrogen) atoms. The van der Waals surface area contributed by atoms with Crippen LogP contribution in [0, 0.1) is 17.3 Å². The Kier molecular flexibility index (Phi) is 5.34. The van der Waals surface area contributed by atoms with E-state index in [2.05, 4.69) is 31.0 Å². The molecule has 152 valence electrons. The highest BCUT2D eigenvalue weighted by Gasteiger charge is 2.57. The topological polar surface area (TPSA) is 52.7 Å². The maximum absolute atomic E-state index is 13.1. The lowest BCUT2D eigenvalue weighted by atomic mass is 9.48. The smallest absolute Gasteiger partial charge is 0.234 e. The average Bonchev–Trinajstić information content (AvgIpc) is 2.51. The molecule has 5 rings (SSSR count). The molecule has 0 aromatic rings. The van der Waals surface area contributed by atoms with E-state index < -0.39 is 0 Å². The summed E-state index contributed by atoms with van der Waals surface area (Å²) < 4.78 is 0.319. The molecule has 1 saturated heterocycles. The van der Waals surface area contributed by atoms with E-state index >= 15 is 0 Å². The molecule has 0 aromatic heterocycles. The molecular weight excluding hydrogens is 406 g/mol. The Hall–Kier alpha value is -0.620. The van der Waals surface area contributed by atoms with Gasteiger partial charge in [0.1, 0.15) is 0 Å². The van der Waals surface area contributed by atoms with E-state index in [9.17, 15) is 9.59 Å². The maximum atomic E-state index is 13.1. The third kappa shape index (κ3) is 4.36. The SMILES string of the molecule is CC(C)NC(=O)CN1CCN(C(=O)CC23CC4CC(CC(Br)(C4)C2)C3)CC1. The van der Waals surface area contributed by atoms with Crippen LogP contribution in [0.25, 0.3) is 0 Å². The second-order valence-electron chi connectivity index (χ2n) is 10.2. The van der Waals surface area contributed by atoms with Crippen molar-refractivity contribution in [3.63, 3.8) is 0 Å². The van der Waals surface area contributed by atoms with Crippen molar-refractivity contribution in [1.82, 2.24) is 15.1 Å². The normalized spacial score (nSPS) is 38.4. The van der Waals surface area contributed by atoms with E-state index in [1.807, 2.05) is 13.8 Å². The first kappa shape index (κ1) is 19.7. The number of amides is 2. The molecule has 1 aliphatic heterocycles. The molecule has 4 bridgehead atoms. The largest absolute Gasteiger partial charge is 0.353 e. The minimum Gasteiger partial charge on any atom is -0.353 e. The van der Waals surface area contributed by atoms with Gasteiger partial charge in [0.15, 0.2) is 0 Å². The van der Waals surface area contributed by atoms with E-state index in [1.165, 1.54) is 38.5 Å². The maximum Gasteiger partial charge on any atom is 0.234 e. The number of carbonyl (C=O) groups excluding carboxylic acids is 2. The fourth-order valence-corrected chi connectivity index (χ4v) is 8.21. The first-order valence-corrected chi connectivity index (χ1v) is 11.5. The lowest BCUT2D eigenvalue weighted by molar-refractivity contribution is -0.140. The van der Waals surface area contributed by atoms with Gasteiger partial charge >= 0.3 is 0 Å². The summed E-state index contributed by atoms with van der Waals surface area (Å²) in [4.78, 5) is 29.2. The highest BCUT2D eigenvalue weighted by molar-refractivity contribution is 9.10. The summed E-state index contributed by atoms with van der Waals surface area (Å²) in [5.41, 5.74) is 0.249. The molecule has 0 radical (unpaired) electrons. The molecule has 4 saturated carbocycles. The summed E-state index contributed by atoms with van der Waals surface area (Å²) in [5, 5.41) is 2.95. The Morgan fingerprint density at radius 3 is 2.26 bits per heavy atom.